The first-order valence-electron chi connectivity index (χ1n) is 6.81. The molecule has 2 unspecified atom stereocenters. The van der Waals surface area contributed by atoms with E-state index in [-0.39, 0.29) is 5.91 Å². The average molecular weight is 240 g/mol. The lowest BCUT2D eigenvalue weighted by molar-refractivity contribution is -0.123. The van der Waals surface area contributed by atoms with Crippen LogP contribution in [-0.2, 0) is 9.53 Å². The fourth-order valence-corrected chi connectivity index (χ4v) is 2.44. The highest BCUT2D eigenvalue weighted by Crippen LogP contribution is 2.32. The largest absolute Gasteiger partial charge is 0.376 e. The van der Waals surface area contributed by atoms with Crippen LogP contribution in [0.1, 0.15) is 45.4 Å². The third-order valence-corrected chi connectivity index (χ3v) is 3.99. The minimum Gasteiger partial charge on any atom is -0.376 e. The molecule has 0 bridgehead atoms. The van der Waals surface area contributed by atoms with Gasteiger partial charge in [0.25, 0.3) is 0 Å². The molecule has 0 radical (unpaired) electrons. The van der Waals surface area contributed by atoms with E-state index in [1.54, 1.807) is 0 Å². The van der Waals surface area contributed by atoms with E-state index in [1.165, 1.54) is 19.3 Å². The summed E-state index contributed by atoms with van der Waals surface area (Å²) in [6.07, 6.45) is 7.05. The first-order valence-corrected chi connectivity index (χ1v) is 6.81. The van der Waals surface area contributed by atoms with Crippen molar-refractivity contribution in [2.75, 3.05) is 13.2 Å². The molecule has 3 N–H and O–H groups in total. The van der Waals surface area contributed by atoms with Gasteiger partial charge in [-0.1, -0.05) is 19.8 Å². The highest BCUT2D eigenvalue weighted by Gasteiger charge is 2.45. The van der Waals surface area contributed by atoms with Crippen molar-refractivity contribution in [3.8, 4) is 0 Å². The van der Waals surface area contributed by atoms with Crippen LogP contribution in [0, 0.1) is 5.92 Å². The quantitative estimate of drug-likeness (QED) is 0.709. The molecule has 0 saturated heterocycles. The van der Waals surface area contributed by atoms with Gasteiger partial charge in [0.15, 0.2) is 0 Å². The van der Waals surface area contributed by atoms with Crippen LogP contribution in [0.4, 0.5) is 0 Å². The molecule has 0 aromatic rings. The Kier molecular flexibility index (Phi) is 4.05. The Bertz CT molecular complexity index is 277. The van der Waals surface area contributed by atoms with Gasteiger partial charge in [0, 0.05) is 6.54 Å². The van der Waals surface area contributed by atoms with E-state index in [0.29, 0.717) is 25.2 Å². The van der Waals surface area contributed by atoms with Crippen LogP contribution in [-0.4, -0.2) is 30.7 Å². The van der Waals surface area contributed by atoms with E-state index in [0.717, 1.165) is 19.3 Å². The number of rotatable bonds is 5. The van der Waals surface area contributed by atoms with Crippen LogP contribution < -0.4 is 11.1 Å². The summed E-state index contributed by atoms with van der Waals surface area (Å²) in [5.74, 6) is 0.640. The molecule has 2 saturated carbocycles. The van der Waals surface area contributed by atoms with E-state index in [2.05, 4.69) is 12.2 Å². The second-order valence-electron chi connectivity index (χ2n) is 5.58. The molecule has 4 nitrogen and oxygen atoms in total. The summed E-state index contributed by atoms with van der Waals surface area (Å²) in [6, 6.07) is 0. The fraction of sp³-hybridized carbons (Fsp3) is 0.923. The van der Waals surface area contributed by atoms with Crippen LogP contribution >= 0.6 is 0 Å². The van der Waals surface area contributed by atoms with Crippen molar-refractivity contribution in [2.24, 2.45) is 11.7 Å². The van der Waals surface area contributed by atoms with Gasteiger partial charge in [-0.2, -0.15) is 0 Å². The second-order valence-corrected chi connectivity index (χ2v) is 5.58. The topological polar surface area (TPSA) is 64.3 Å². The van der Waals surface area contributed by atoms with Crippen molar-refractivity contribution in [1.82, 2.24) is 5.32 Å². The van der Waals surface area contributed by atoms with Crippen LogP contribution in [0.25, 0.3) is 0 Å². The summed E-state index contributed by atoms with van der Waals surface area (Å²) in [5.41, 5.74) is 5.23. The van der Waals surface area contributed by atoms with Crippen molar-refractivity contribution in [2.45, 2.75) is 57.1 Å². The molecule has 17 heavy (non-hydrogen) atoms. The number of carbonyl (C=O) groups is 1. The fourth-order valence-electron chi connectivity index (χ4n) is 2.44. The minimum absolute atomic E-state index is 0.0159. The Morgan fingerprint density at radius 1 is 1.41 bits per heavy atom. The molecule has 2 atom stereocenters. The highest BCUT2D eigenvalue weighted by atomic mass is 16.5. The Balaban J connectivity index is 1.58. The third-order valence-electron chi connectivity index (χ3n) is 3.99. The molecule has 0 aromatic heterocycles. The van der Waals surface area contributed by atoms with Gasteiger partial charge < -0.3 is 15.8 Å². The van der Waals surface area contributed by atoms with Gasteiger partial charge in [0.2, 0.25) is 5.91 Å². The number of hydrogen-bond acceptors (Lipinski definition) is 3. The lowest BCUT2D eigenvalue weighted by Gasteiger charge is -2.28. The lowest BCUT2D eigenvalue weighted by Crippen LogP contribution is -2.44. The van der Waals surface area contributed by atoms with Crippen molar-refractivity contribution in [1.29, 1.82) is 0 Å². The third kappa shape index (κ3) is 3.42. The lowest BCUT2D eigenvalue weighted by atomic mass is 9.88. The smallest absolute Gasteiger partial charge is 0.240 e. The van der Waals surface area contributed by atoms with E-state index < -0.39 is 5.54 Å². The van der Waals surface area contributed by atoms with E-state index in [1.807, 2.05) is 0 Å². The van der Waals surface area contributed by atoms with Gasteiger partial charge in [0.05, 0.1) is 18.2 Å². The molecule has 0 spiro atoms. The summed E-state index contributed by atoms with van der Waals surface area (Å²) >= 11 is 0. The van der Waals surface area contributed by atoms with Gasteiger partial charge in [-0.3, -0.25) is 4.79 Å². The molecule has 0 heterocycles. The maximum atomic E-state index is 11.6. The number of ether oxygens (including phenoxy) is 1. The zero-order chi connectivity index (χ0) is 12.3. The van der Waals surface area contributed by atoms with E-state index in [4.69, 9.17) is 10.5 Å². The zero-order valence-electron chi connectivity index (χ0n) is 10.7. The van der Waals surface area contributed by atoms with Crippen LogP contribution in [0.3, 0.4) is 0 Å². The van der Waals surface area contributed by atoms with Gasteiger partial charge >= 0.3 is 0 Å². The number of nitrogens with one attached hydrogen (secondary N) is 1. The summed E-state index contributed by atoms with van der Waals surface area (Å²) < 4.78 is 5.82. The molecule has 2 aliphatic carbocycles. The maximum absolute atomic E-state index is 11.6. The molecule has 0 aromatic carbocycles. The Hall–Kier alpha value is -0.610. The second kappa shape index (κ2) is 5.36. The molecular weight excluding hydrogens is 216 g/mol. The molecule has 4 heteroatoms. The summed E-state index contributed by atoms with van der Waals surface area (Å²) in [7, 11) is 0. The van der Waals surface area contributed by atoms with E-state index in [9.17, 15) is 4.79 Å². The first-order chi connectivity index (χ1) is 8.12. The number of carbonyl (C=O) groups excluding carboxylic acids is 1. The van der Waals surface area contributed by atoms with Gasteiger partial charge in [-0.25, -0.2) is 0 Å². The van der Waals surface area contributed by atoms with Crippen LogP contribution in [0.15, 0.2) is 0 Å². The SMILES string of the molecule is CC1CCCCC1OCCNC(=O)C1(N)CC1. The Labute approximate surface area is 103 Å². The minimum atomic E-state index is -0.557. The molecule has 0 aliphatic heterocycles. The number of amides is 1. The monoisotopic (exact) mass is 240 g/mol. The molecule has 2 rings (SSSR count). The predicted molar refractivity (Wildman–Crippen MR) is 66.5 cm³/mol. The van der Waals surface area contributed by atoms with Crippen LogP contribution in [0.2, 0.25) is 0 Å². The van der Waals surface area contributed by atoms with Gasteiger partial charge in [0.1, 0.15) is 0 Å². The first kappa shape index (κ1) is 12.8. The number of hydrogen-bond donors (Lipinski definition) is 2. The average Bonchev–Trinajstić information content (AvgIpc) is 3.06. The van der Waals surface area contributed by atoms with Crippen molar-refractivity contribution >= 4 is 5.91 Å². The molecule has 1 amide bonds. The molecule has 98 valence electrons. The summed E-state index contributed by atoms with van der Waals surface area (Å²) in [4.78, 5) is 11.6. The Morgan fingerprint density at radius 3 is 2.76 bits per heavy atom. The van der Waals surface area contributed by atoms with Crippen molar-refractivity contribution < 1.29 is 9.53 Å². The molecule has 2 aliphatic rings. The highest BCUT2D eigenvalue weighted by molar-refractivity contribution is 5.88. The Morgan fingerprint density at radius 2 is 2.12 bits per heavy atom. The maximum Gasteiger partial charge on any atom is 0.240 e. The van der Waals surface area contributed by atoms with E-state index >= 15 is 0 Å². The standard InChI is InChI=1S/C13H24N2O2/c1-10-4-2-3-5-11(10)17-9-8-15-12(16)13(14)6-7-13/h10-11H,2-9,14H2,1H3,(H,15,16). The van der Waals surface area contributed by atoms with Gasteiger partial charge in [-0.05, 0) is 31.6 Å². The van der Waals surface area contributed by atoms with Crippen LogP contribution in [0.5, 0.6) is 0 Å². The van der Waals surface area contributed by atoms with Crippen molar-refractivity contribution in [3.63, 3.8) is 0 Å². The summed E-state index contributed by atoms with van der Waals surface area (Å²) in [5, 5.41) is 2.85. The normalized spacial score (nSPS) is 30.9. The van der Waals surface area contributed by atoms with Gasteiger partial charge in [-0.15, -0.1) is 0 Å². The molecular formula is C13H24N2O2. The number of nitrogens with two attached hydrogens (primary N) is 1. The molecule has 2 fully saturated rings. The summed E-state index contributed by atoms with van der Waals surface area (Å²) in [6.45, 7) is 3.44. The predicted octanol–water partition coefficient (Wildman–Crippen LogP) is 1.19. The zero-order valence-corrected chi connectivity index (χ0v) is 10.7. The van der Waals surface area contributed by atoms with Crippen molar-refractivity contribution in [3.05, 3.63) is 0 Å².